The van der Waals surface area contributed by atoms with E-state index in [0.717, 1.165) is 27.5 Å². The highest BCUT2D eigenvalue weighted by Gasteiger charge is 2.20. The van der Waals surface area contributed by atoms with Gasteiger partial charge in [0, 0.05) is 35.1 Å². The topological polar surface area (TPSA) is 73.2 Å². The molecular formula is C17H18FN3O3S2. The van der Waals surface area contributed by atoms with Gasteiger partial charge in [-0.15, -0.1) is 11.3 Å². The number of thiophene rings is 1. The van der Waals surface area contributed by atoms with Crippen LogP contribution in [0.2, 0.25) is 0 Å². The number of halogens is 1. The molecule has 3 aromatic rings. The van der Waals surface area contributed by atoms with Gasteiger partial charge in [0.05, 0.1) is 13.3 Å². The van der Waals surface area contributed by atoms with Crippen LogP contribution < -0.4 is 9.46 Å². The SMILES string of the molecule is COc1ccc(F)cc1S(=O)(=O)NCCc1ccc(-c2cnn(C)c2)s1. The predicted octanol–water partition coefficient (Wildman–Crippen LogP) is 2.82. The number of nitrogens with one attached hydrogen (secondary N) is 1. The van der Waals surface area contributed by atoms with Crippen LogP contribution in [0.15, 0.2) is 47.6 Å². The summed E-state index contributed by atoms with van der Waals surface area (Å²) in [6.07, 6.45) is 4.24. The summed E-state index contributed by atoms with van der Waals surface area (Å²) < 4.78 is 47.5. The molecule has 26 heavy (non-hydrogen) atoms. The molecule has 0 unspecified atom stereocenters. The molecule has 0 aliphatic rings. The first-order valence-electron chi connectivity index (χ1n) is 7.80. The zero-order valence-corrected chi connectivity index (χ0v) is 15.9. The molecule has 0 radical (unpaired) electrons. The van der Waals surface area contributed by atoms with Crippen LogP contribution in [-0.2, 0) is 23.5 Å². The lowest BCUT2D eigenvalue weighted by Crippen LogP contribution is -2.26. The monoisotopic (exact) mass is 395 g/mol. The van der Waals surface area contributed by atoms with Crippen molar-refractivity contribution in [1.29, 1.82) is 0 Å². The molecule has 1 N–H and O–H groups in total. The van der Waals surface area contributed by atoms with Gasteiger partial charge in [-0.1, -0.05) is 0 Å². The Kier molecular flexibility index (Phi) is 5.40. The fourth-order valence-corrected chi connectivity index (χ4v) is 4.66. The molecule has 1 aromatic carbocycles. The molecule has 0 atom stereocenters. The molecule has 0 fully saturated rings. The van der Waals surface area contributed by atoms with Gasteiger partial charge in [0.25, 0.3) is 0 Å². The third kappa shape index (κ3) is 4.12. The molecule has 0 saturated carbocycles. The summed E-state index contributed by atoms with van der Waals surface area (Å²) in [6, 6.07) is 7.35. The third-order valence-corrected chi connectivity index (χ3v) is 6.41. The number of ether oxygens (including phenoxy) is 1. The van der Waals surface area contributed by atoms with Crippen molar-refractivity contribution in [2.24, 2.45) is 7.05 Å². The first kappa shape index (κ1) is 18.6. The van der Waals surface area contributed by atoms with E-state index in [9.17, 15) is 12.8 Å². The van der Waals surface area contributed by atoms with Gasteiger partial charge in [-0.25, -0.2) is 17.5 Å². The molecule has 138 valence electrons. The fraction of sp³-hybridized carbons (Fsp3) is 0.235. The Morgan fingerprint density at radius 3 is 2.81 bits per heavy atom. The summed E-state index contributed by atoms with van der Waals surface area (Å²) in [4.78, 5) is 1.91. The summed E-state index contributed by atoms with van der Waals surface area (Å²) in [5, 5.41) is 4.14. The van der Waals surface area contributed by atoms with E-state index in [4.69, 9.17) is 4.74 Å². The van der Waals surface area contributed by atoms with Crippen LogP contribution in [0.4, 0.5) is 4.39 Å². The van der Waals surface area contributed by atoms with Crippen molar-refractivity contribution < 1.29 is 17.5 Å². The van der Waals surface area contributed by atoms with E-state index >= 15 is 0 Å². The Hall–Kier alpha value is -2.23. The van der Waals surface area contributed by atoms with Crippen molar-refractivity contribution in [3.05, 3.63) is 53.4 Å². The number of methoxy groups -OCH3 is 1. The molecule has 0 aliphatic heterocycles. The molecule has 3 rings (SSSR count). The highest BCUT2D eigenvalue weighted by atomic mass is 32.2. The number of aryl methyl sites for hydroxylation is 1. The number of hydrogen-bond donors (Lipinski definition) is 1. The van der Waals surface area contributed by atoms with Crippen LogP contribution in [0.25, 0.3) is 10.4 Å². The van der Waals surface area contributed by atoms with E-state index in [1.165, 1.54) is 13.2 Å². The molecule has 0 amide bonds. The van der Waals surface area contributed by atoms with Crippen molar-refractivity contribution in [2.75, 3.05) is 13.7 Å². The minimum atomic E-state index is -3.86. The number of rotatable bonds is 7. The average molecular weight is 395 g/mol. The van der Waals surface area contributed by atoms with Gasteiger partial charge < -0.3 is 4.74 Å². The molecule has 9 heteroatoms. The second-order valence-electron chi connectivity index (χ2n) is 5.61. The summed E-state index contributed by atoms with van der Waals surface area (Å²) in [5.41, 5.74) is 1.02. The van der Waals surface area contributed by atoms with Crippen molar-refractivity contribution in [1.82, 2.24) is 14.5 Å². The Morgan fingerprint density at radius 1 is 1.31 bits per heavy atom. The normalized spacial score (nSPS) is 11.7. The van der Waals surface area contributed by atoms with E-state index in [-0.39, 0.29) is 17.2 Å². The number of hydrogen-bond acceptors (Lipinski definition) is 5. The smallest absolute Gasteiger partial charge is 0.244 e. The number of benzene rings is 1. The second kappa shape index (κ2) is 7.56. The van der Waals surface area contributed by atoms with Gasteiger partial charge in [0.2, 0.25) is 10.0 Å². The lowest BCUT2D eigenvalue weighted by Gasteiger charge is -2.10. The molecule has 6 nitrogen and oxygen atoms in total. The van der Waals surface area contributed by atoms with Crippen LogP contribution in [0, 0.1) is 5.82 Å². The lowest BCUT2D eigenvalue weighted by molar-refractivity contribution is 0.400. The largest absolute Gasteiger partial charge is 0.495 e. The van der Waals surface area contributed by atoms with Crippen LogP contribution in [-0.4, -0.2) is 31.9 Å². The predicted molar refractivity (Wildman–Crippen MR) is 98.4 cm³/mol. The van der Waals surface area contributed by atoms with E-state index in [0.29, 0.717) is 6.42 Å². The first-order chi connectivity index (χ1) is 12.4. The Labute approximate surface area is 155 Å². The minimum absolute atomic E-state index is 0.105. The summed E-state index contributed by atoms with van der Waals surface area (Å²) in [7, 11) is -0.662. The summed E-state index contributed by atoms with van der Waals surface area (Å²) >= 11 is 1.58. The maximum absolute atomic E-state index is 13.4. The van der Waals surface area contributed by atoms with Crippen molar-refractivity contribution in [3.63, 3.8) is 0 Å². The maximum atomic E-state index is 13.4. The number of sulfonamides is 1. The molecule has 0 bridgehead atoms. The van der Waals surface area contributed by atoms with E-state index in [2.05, 4.69) is 9.82 Å². The van der Waals surface area contributed by atoms with E-state index < -0.39 is 15.8 Å². The Morgan fingerprint density at radius 2 is 2.12 bits per heavy atom. The van der Waals surface area contributed by atoms with Gasteiger partial charge >= 0.3 is 0 Å². The van der Waals surface area contributed by atoms with Crippen LogP contribution in [0.3, 0.4) is 0 Å². The molecule has 2 aromatic heterocycles. The van der Waals surface area contributed by atoms with Gasteiger partial charge in [-0.05, 0) is 36.8 Å². The quantitative estimate of drug-likeness (QED) is 0.668. The fourth-order valence-electron chi connectivity index (χ4n) is 2.46. The minimum Gasteiger partial charge on any atom is -0.495 e. The van der Waals surface area contributed by atoms with Crippen LogP contribution in [0.1, 0.15) is 4.88 Å². The lowest BCUT2D eigenvalue weighted by atomic mass is 10.3. The maximum Gasteiger partial charge on any atom is 0.244 e. The van der Waals surface area contributed by atoms with E-state index in [1.807, 2.05) is 25.4 Å². The standard InChI is InChI=1S/C17H18FN3O3S2/c1-21-11-12(10-19-21)16-6-4-14(25-16)7-8-20-26(22,23)17-9-13(18)3-5-15(17)24-2/h3-6,9-11,20H,7-8H2,1-2H3. The molecule has 0 saturated heterocycles. The van der Waals surface area contributed by atoms with Gasteiger partial charge in [0.1, 0.15) is 16.5 Å². The summed E-state index contributed by atoms with van der Waals surface area (Å²) in [6.45, 7) is 0.203. The van der Waals surface area contributed by atoms with Crippen molar-refractivity contribution >= 4 is 21.4 Å². The first-order valence-corrected chi connectivity index (χ1v) is 10.1. The number of aromatic nitrogens is 2. The summed E-state index contributed by atoms with van der Waals surface area (Å²) in [5.74, 6) is -0.528. The van der Waals surface area contributed by atoms with Crippen molar-refractivity contribution in [2.45, 2.75) is 11.3 Å². The Bertz CT molecular complexity index is 1010. The van der Waals surface area contributed by atoms with Crippen molar-refractivity contribution in [3.8, 4) is 16.2 Å². The second-order valence-corrected chi connectivity index (χ2v) is 8.52. The average Bonchev–Trinajstić information content (AvgIpc) is 3.23. The van der Waals surface area contributed by atoms with Gasteiger partial charge in [-0.3, -0.25) is 4.68 Å². The highest BCUT2D eigenvalue weighted by molar-refractivity contribution is 7.89. The van der Waals surface area contributed by atoms with Crippen LogP contribution in [0.5, 0.6) is 5.75 Å². The zero-order valence-electron chi connectivity index (χ0n) is 14.3. The molecule has 2 heterocycles. The van der Waals surface area contributed by atoms with E-state index in [1.54, 1.807) is 22.2 Å². The van der Waals surface area contributed by atoms with Gasteiger partial charge in [-0.2, -0.15) is 5.10 Å². The highest BCUT2D eigenvalue weighted by Crippen LogP contribution is 2.28. The number of nitrogens with zero attached hydrogens (tertiary/aromatic N) is 2. The molecular weight excluding hydrogens is 377 g/mol. The van der Waals surface area contributed by atoms with Gasteiger partial charge in [0.15, 0.2) is 0 Å². The zero-order chi connectivity index (χ0) is 18.7. The van der Waals surface area contributed by atoms with Crippen LogP contribution >= 0.6 is 11.3 Å². The Balaban J connectivity index is 1.66. The molecule has 0 spiro atoms. The third-order valence-electron chi connectivity index (χ3n) is 3.73. The molecule has 0 aliphatic carbocycles.